The Morgan fingerprint density at radius 2 is 1.57 bits per heavy atom. The summed E-state index contributed by atoms with van der Waals surface area (Å²) in [5.74, 6) is -1.10. The van der Waals surface area contributed by atoms with Gasteiger partial charge in [0.05, 0.1) is 12.0 Å². The summed E-state index contributed by atoms with van der Waals surface area (Å²) in [6.07, 6.45) is 2.81. The molecule has 1 fully saturated rings. The van der Waals surface area contributed by atoms with E-state index < -0.39 is 23.0 Å². The molecular formula is C28H34N2O5. The highest BCUT2D eigenvalue weighted by atomic mass is 16.5. The second-order valence-corrected chi connectivity index (χ2v) is 10.6. The molecule has 0 aliphatic heterocycles. The van der Waals surface area contributed by atoms with Gasteiger partial charge in [-0.3, -0.25) is 9.59 Å². The molecule has 3 N–H and O–H groups in total. The number of benzene rings is 2. The van der Waals surface area contributed by atoms with E-state index in [1.165, 1.54) is 11.1 Å². The number of carbonyl (C=O) groups is 3. The summed E-state index contributed by atoms with van der Waals surface area (Å²) in [6, 6.07) is 16.4. The van der Waals surface area contributed by atoms with Crippen LogP contribution in [0.5, 0.6) is 0 Å². The van der Waals surface area contributed by atoms with Crippen LogP contribution in [0.1, 0.15) is 69.4 Å². The van der Waals surface area contributed by atoms with Crippen LogP contribution in [0.2, 0.25) is 0 Å². The minimum atomic E-state index is -0.900. The van der Waals surface area contributed by atoms with E-state index in [-0.39, 0.29) is 37.8 Å². The molecule has 0 atom stereocenters. The predicted molar refractivity (Wildman–Crippen MR) is 133 cm³/mol. The number of fused-ring (bicyclic) bond motifs is 3. The van der Waals surface area contributed by atoms with Gasteiger partial charge in [0.25, 0.3) is 0 Å². The van der Waals surface area contributed by atoms with Gasteiger partial charge in [0.2, 0.25) is 5.91 Å². The average molecular weight is 479 g/mol. The SMILES string of the molecule is CC(C)(CNC(=O)OCC1c2ccccc2-c2ccccc21)CC(=O)NC1(CC(=O)O)CCCC1. The molecule has 7 nitrogen and oxygen atoms in total. The van der Waals surface area contributed by atoms with Gasteiger partial charge in [-0.25, -0.2) is 4.79 Å². The van der Waals surface area contributed by atoms with Crippen molar-refractivity contribution in [1.29, 1.82) is 0 Å². The quantitative estimate of drug-likeness (QED) is 0.478. The molecule has 2 aliphatic rings. The van der Waals surface area contributed by atoms with Gasteiger partial charge in [-0.1, -0.05) is 75.2 Å². The fourth-order valence-corrected chi connectivity index (χ4v) is 5.49. The van der Waals surface area contributed by atoms with Crippen LogP contribution in [0.25, 0.3) is 11.1 Å². The summed E-state index contributed by atoms with van der Waals surface area (Å²) in [7, 11) is 0. The standard InChI is InChI=1S/C28H34N2O5/c1-27(2,15-24(31)30-28(16-25(32)33)13-7-8-14-28)18-29-26(34)35-17-23-21-11-5-3-9-19(21)20-10-4-6-12-22(20)23/h3-6,9-12,23H,7-8,13-18H2,1-2H3,(H,29,34)(H,30,31)(H,32,33). The zero-order valence-electron chi connectivity index (χ0n) is 20.4. The number of alkyl carbamates (subject to hydrolysis) is 1. The summed E-state index contributed by atoms with van der Waals surface area (Å²) in [4.78, 5) is 36.5. The molecule has 0 saturated heterocycles. The van der Waals surface area contributed by atoms with Crippen LogP contribution in [-0.2, 0) is 14.3 Å². The lowest BCUT2D eigenvalue weighted by Gasteiger charge is -2.31. The Kier molecular flexibility index (Phi) is 7.15. The molecule has 0 heterocycles. The molecular weight excluding hydrogens is 444 g/mol. The highest BCUT2D eigenvalue weighted by Gasteiger charge is 2.38. The number of carboxylic acid groups (broad SMARTS) is 1. The normalized spacial score (nSPS) is 16.3. The fourth-order valence-electron chi connectivity index (χ4n) is 5.49. The summed E-state index contributed by atoms with van der Waals surface area (Å²) in [5.41, 5.74) is 3.48. The van der Waals surface area contributed by atoms with Crippen molar-refractivity contribution in [1.82, 2.24) is 10.6 Å². The molecule has 0 bridgehead atoms. The zero-order chi connectivity index (χ0) is 25.1. The van der Waals surface area contributed by atoms with Gasteiger partial charge < -0.3 is 20.5 Å². The Morgan fingerprint density at radius 3 is 2.14 bits per heavy atom. The largest absolute Gasteiger partial charge is 0.481 e. The van der Waals surface area contributed by atoms with Gasteiger partial charge in [-0.05, 0) is 40.5 Å². The van der Waals surface area contributed by atoms with Crippen LogP contribution in [0.15, 0.2) is 48.5 Å². The van der Waals surface area contributed by atoms with E-state index in [2.05, 4.69) is 34.9 Å². The molecule has 0 unspecified atom stereocenters. The maximum Gasteiger partial charge on any atom is 0.407 e. The lowest BCUT2D eigenvalue weighted by atomic mass is 9.87. The van der Waals surface area contributed by atoms with E-state index in [9.17, 15) is 19.5 Å². The molecule has 2 aliphatic carbocycles. The van der Waals surface area contributed by atoms with Crippen molar-refractivity contribution in [2.45, 2.75) is 63.8 Å². The Balaban J connectivity index is 1.28. The van der Waals surface area contributed by atoms with Gasteiger partial charge in [-0.15, -0.1) is 0 Å². The third-order valence-corrected chi connectivity index (χ3v) is 7.15. The van der Waals surface area contributed by atoms with Crippen molar-refractivity contribution >= 4 is 18.0 Å². The maximum absolute atomic E-state index is 12.7. The molecule has 1 saturated carbocycles. The zero-order valence-corrected chi connectivity index (χ0v) is 20.4. The van der Waals surface area contributed by atoms with Crippen molar-refractivity contribution in [3.63, 3.8) is 0 Å². The van der Waals surface area contributed by atoms with Gasteiger partial charge in [-0.2, -0.15) is 0 Å². The van der Waals surface area contributed by atoms with E-state index in [0.717, 1.165) is 24.0 Å². The molecule has 0 spiro atoms. The van der Waals surface area contributed by atoms with Crippen molar-refractivity contribution in [3.05, 3.63) is 59.7 Å². The lowest BCUT2D eigenvalue weighted by molar-refractivity contribution is -0.139. The van der Waals surface area contributed by atoms with E-state index in [0.29, 0.717) is 12.8 Å². The van der Waals surface area contributed by atoms with Crippen LogP contribution in [0, 0.1) is 5.41 Å². The maximum atomic E-state index is 12.7. The number of nitrogens with one attached hydrogen (secondary N) is 2. The predicted octanol–water partition coefficient (Wildman–Crippen LogP) is 4.85. The molecule has 2 aromatic rings. The molecule has 35 heavy (non-hydrogen) atoms. The van der Waals surface area contributed by atoms with Gasteiger partial charge in [0.1, 0.15) is 6.61 Å². The number of carboxylic acids is 1. The van der Waals surface area contributed by atoms with Gasteiger partial charge in [0, 0.05) is 18.9 Å². The average Bonchev–Trinajstić information content (AvgIpc) is 3.38. The van der Waals surface area contributed by atoms with Crippen LogP contribution in [0.4, 0.5) is 4.79 Å². The van der Waals surface area contributed by atoms with Gasteiger partial charge >= 0.3 is 12.1 Å². The molecule has 2 aromatic carbocycles. The molecule has 4 rings (SSSR count). The van der Waals surface area contributed by atoms with E-state index in [4.69, 9.17) is 4.74 Å². The smallest absolute Gasteiger partial charge is 0.407 e. The van der Waals surface area contributed by atoms with Crippen LogP contribution >= 0.6 is 0 Å². The van der Waals surface area contributed by atoms with Crippen LogP contribution < -0.4 is 10.6 Å². The second kappa shape index (κ2) is 10.1. The lowest BCUT2D eigenvalue weighted by Crippen LogP contribution is -2.49. The Bertz CT molecular complexity index is 1060. The summed E-state index contributed by atoms with van der Waals surface area (Å²) < 4.78 is 5.59. The minimum Gasteiger partial charge on any atom is -0.481 e. The van der Waals surface area contributed by atoms with E-state index in [1.807, 2.05) is 38.1 Å². The Hall–Kier alpha value is -3.35. The topological polar surface area (TPSA) is 105 Å². The monoisotopic (exact) mass is 478 g/mol. The first-order chi connectivity index (χ1) is 16.7. The van der Waals surface area contributed by atoms with Crippen molar-refractivity contribution in [2.75, 3.05) is 13.2 Å². The van der Waals surface area contributed by atoms with E-state index in [1.54, 1.807) is 0 Å². The number of ether oxygens (including phenoxy) is 1. The third-order valence-electron chi connectivity index (χ3n) is 7.15. The summed E-state index contributed by atoms with van der Waals surface area (Å²) in [6.45, 7) is 4.30. The number of amides is 2. The first-order valence-corrected chi connectivity index (χ1v) is 12.3. The van der Waals surface area contributed by atoms with Crippen molar-refractivity contribution < 1.29 is 24.2 Å². The number of aliphatic carboxylic acids is 1. The van der Waals surface area contributed by atoms with Crippen LogP contribution in [0.3, 0.4) is 0 Å². The number of carbonyl (C=O) groups excluding carboxylic acids is 2. The highest BCUT2D eigenvalue weighted by Crippen LogP contribution is 2.44. The van der Waals surface area contributed by atoms with Gasteiger partial charge in [0.15, 0.2) is 0 Å². The molecule has 2 amide bonds. The Morgan fingerprint density at radius 1 is 1.00 bits per heavy atom. The molecule has 0 aromatic heterocycles. The second-order valence-electron chi connectivity index (χ2n) is 10.6. The van der Waals surface area contributed by atoms with E-state index >= 15 is 0 Å². The Labute approximate surface area is 206 Å². The van der Waals surface area contributed by atoms with Crippen molar-refractivity contribution in [3.8, 4) is 11.1 Å². The molecule has 0 radical (unpaired) electrons. The first kappa shape index (κ1) is 24.8. The number of rotatable bonds is 9. The third kappa shape index (κ3) is 5.84. The highest BCUT2D eigenvalue weighted by molar-refractivity contribution is 5.80. The van der Waals surface area contributed by atoms with Crippen LogP contribution in [-0.4, -0.2) is 41.8 Å². The summed E-state index contributed by atoms with van der Waals surface area (Å²) in [5, 5.41) is 15.0. The molecule has 7 heteroatoms. The first-order valence-electron chi connectivity index (χ1n) is 12.3. The van der Waals surface area contributed by atoms with Crippen molar-refractivity contribution in [2.24, 2.45) is 5.41 Å². The summed E-state index contributed by atoms with van der Waals surface area (Å²) >= 11 is 0. The molecule has 186 valence electrons. The minimum absolute atomic E-state index is 0.0104. The fraction of sp³-hybridized carbons (Fsp3) is 0.464. The number of hydrogen-bond donors (Lipinski definition) is 3. The number of hydrogen-bond acceptors (Lipinski definition) is 4.